The van der Waals surface area contributed by atoms with Crippen LogP contribution in [0.4, 0.5) is 0 Å². The molecule has 1 rings (SSSR count). The van der Waals surface area contributed by atoms with Crippen molar-refractivity contribution in [2.24, 2.45) is 0 Å². The van der Waals surface area contributed by atoms with E-state index in [-0.39, 0.29) is 5.91 Å². The number of rotatable bonds is 3. The number of amides is 1. The highest BCUT2D eigenvalue weighted by atomic mass is 16.2. The van der Waals surface area contributed by atoms with Crippen LogP contribution in [0.2, 0.25) is 0 Å². The number of hydrogen-bond donors (Lipinski definition) is 0. The third-order valence-electron chi connectivity index (χ3n) is 2.01. The number of nitriles is 1. The van der Waals surface area contributed by atoms with E-state index in [1.807, 2.05) is 6.07 Å². The first-order chi connectivity index (χ1) is 7.19. The zero-order valence-electron chi connectivity index (χ0n) is 8.60. The minimum atomic E-state index is -0.0700. The molecule has 3 heteroatoms. The van der Waals surface area contributed by atoms with Gasteiger partial charge in [0.05, 0.1) is 11.6 Å². The second kappa shape index (κ2) is 4.97. The summed E-state index contributed by atoms with van der Waals surface area (Å²) in [4.78, 5) is 13.3. The standard InChI is InChI=1S/C12H12N2O/c1-3-8-14(2)12(15)11-6-4-10(9-13)5-7-11/h3-7H,1,8H2,2H3. The van der Waals surface area contributed by atoms with Crippen molar-refractivity contribution in [2.45, 2.75) is 0 Å². The van der Waals surface area contributed by atoms with Gasteiger partial charge in [-0.1, -0.05) is 6.08 Å². The fourth-order valence-corrected chi connectivity index (χ4v) is 1.18. The van der Waals surface area contributed by atoms with Crippen molar-refractivity contribution in [3.05, 3.63) is 48.0 Å². The Hall–Kier alpha value is -2.08. The summed E-state index contributed by atoms with van der Waals surface area (Å²) in [6, 6.07) is 8.58. The van der Waals surface area contributed by atoms with Gasteiger partial charge < -0.3 is 4.90 Å². The van der Waals surface area contributed by atoms with Gasteiger partial charge in [0.25, 0.3) is 5.91 Å². The molecule has 0 unspecified atom stereocenters. The lowest BCUT2D eigenvalue weighted by Crippen LogP contribution is -2.26. The van der Waals surface area contributed by atoms with Crippen LogP contribution in [-0.4, -0.2) is 24.4 Å². The van der Waals surface area contributed by atoms with Crippen molar-refractivity contribution < 1.29 is 4.79 Å². The molecule has 0 saturated heterocycles. The van der Waals surface area contributed by atoms with Crippen LogP contribution in [0.3, 0.4) is 0 Å². The summed E-state index contributed by atoms with van der Waals surface area (Å²) in [7, 11) is 1.71. The molecule has 1 aromatic carbocycles. The lowest BCUT2D eigenvalue weighted by atomic mass is 10.1. The Morgan fingerprint density at radius 3 is 2.60 bits per heavy atom. The fraction of sp³-hybridized carbons (Fsp3) is 0.167. The van der Waals surface area contributed by atoms with Gasteiger partial charge in [-0.2, -0.15) is 5.26 Å². The molecule has 1 aromatic rings. The van der Waals surface area contributed by atoms with E-state index in [4.69, 9.17) is 5.26 Å². The number of nitrogens with zero attached hydrogens (tertiary/aromatic N) is 2. The lowest BCUT2D eigenvalue weighted by molar-refractivity contribution is 0.0810. The molecule has 0 bridgehead atoms. The SMILES string of the molecule is C=CCN(C)C(=O)c1ccc(C#N)cc1. The number of hydrogen-bond acceptors (Lipinski definition) is 2. The molecule has 76 valence electrons. The molecular weight excluding hydrogens is 188 g/mol. The first-order valence-corrected chi connectivity index (χ1v) is 4.55. The van der Waals surface area contributed by atoms with Gasteiger partial charge in [-0.15, -0.1) is 6.58 Å². The Labute approximate surface area is 89.2 Å². The Balaban J connectivity index is 2.83. The Bertz CT molecular complexity index is 401. The summed E-state index contributed by atoms with van der Waals surface area (Å²) >= 11 is 0. The maximum atomic E-state index is 11.7. The fourth-order valence-electron chi connectivity index (χ4n) is 1.18. The van der Waals surface area contributed by atoms with Crippen molar-refractivity contribution >= 4 is 5.91 Å². The van der Waals surface area contributed by atoms with Crippen molar-refractivity contribution in [1.82, 2.24) is 4.90 Å². The van der Waals surface area contributed by atoms with E-state index < -0.39 is 0 Å². The highest BCUT2D eigenvalue weighted by Gasteiger charge is 2.09. The minimum Gasteiger partial charge on any atom is -0.338 e. The smallest absolute Gasteiger partial charge is 0.253 e. The molecule has 0 radical (unpaired) electrons. The van der Waals surface area contributed by atoms with E-state index in [1.165, 1.54) is 0 Å². The van der Waals surface area contributed by atoms with E-state index in [2.05, 4.69) is 6.58 Å². The van der Waals surface area contributed by atoms with Crippen molar-refractivity contribution in [1.29, 1.82) is 5.26 Å². The van der Waals surface area contributed by atoms with Gasteiger partial charge in [0.15, 0.2) is 0 Å². The molecule has 0 aliphatic heterocycles. The van der Waals surface area contributed by atoms with Crippen LogP contribution in [0.15, 0.2) is 36.9 Å². The summed E-state index contributed by atoms with van der Waals surface area (Å²) in [5.41, 5.74) is 1.14. The summed E-state index contributed by atoms with van der Waals surface area (Å²) < 4.78 is 0. The Morgan fingerprint density at radius 1 is 1.53 bits per heavy atom. The van der Waals surface area contributed by atoms with Gasteiger partial charge in [-0.3, -0.25) is 4.79 Å². The number of carbonyl (C=O) groups excluding carboxylic acids is 1. The largest absolute Gasteiger partial charge is 0.338 e. The predicted octanol–water partition coefficient (Wildman–Crippen LogP) is 1.82. The molecule has 15 heavy (non-hydrogen) atoms. The van der Waals surface area contributed by atoms with Gasteiger partial charge in [0.1, 0.15) is 0 Å². The average molecular weight is 200 g/mol. The molecule has 0 aliphatic carbocycles. The molecule has 0 saturated carbocycles. The molecule has 0 aliphatic rings. The topological polar surface area (TPSA) is 44.1 Å². The van der Waals surface area contributed by atoms with Gasteiger partial charge in [0, 0.05) is 19.2 Å². The Kier molecular flexibility index (Phi) is 3.64. The minimum absolute atomic E-state index is 0.0700. The summed E-state index contributed by atoms with van der Waals surface area (Å²) in [6.07, 6.45) is 1.67. The monoisotopic (exact) mass is 200 g/mol. The van der Waals surface area contributed by atoms with Crippen LogP contribution in [0.5, 0.6) is 0 Å². The number of likely N-dealkylation sites (N-methyl/N-ethyl adjacent to an activating group) is 1. The maximum absolute atomic E-state index is 11.7. The van der Waals surface area contributed by atoms with E-state index in [0.29, 0.717) is 17.7 Å². The van der Waals surface area contributed by atoms with Crippen LogP contribution in [-0.2, 0) is 0 Å². The predicted molar refractivity (Wildman–Crippen MR) is 58.3 cm³/mol. The molecule has 0 spiro atoms. The molecule has 0 N–H and O–H groups in total. The third-order valence-corrected chi connectivity index (χ3v) is 2.01. The van der Waals surface area contributed by atoms with E-state index in [0.717, 1.165) is 0 Å². The molecule has 0 atom stereocenters. The average Bonchev–Trinajstić information content (AvgIpc) is 2.28. The van der Waals surface area contributed by atoms with Crippen LogP contribution >= 0.6 is 0 Å². The highest BCUT2D eigenvalue weighted by Crippen LogP contribution is 2.06. The molecular formula is C12H12N2O. The summed E-state index contributed by atoms with van der Waals surface area (Å²) in [5.74, 6) is -0.0700. The van der Waals surface area contributed by atoms with Crippen molar-refractivity contribution in [2.75, 3.05) is 13.6 Å². The first kappa shape index (κ1) is 11.0. The zero-order valence-corrected chi connectivity index (χ0v) is 8.60. The van der Waals surface area contributed by atoms with Crippen molar-refractivity contribution in [3.8, 4) is 6.07 Å². The molecule has 0 aromatic heterocycles. The highest BCUT2D eigenvalue weighted by molar-refractivity contribution is 5.94. The van der Waals surface area contributed by atoms with Crippen LogP contribution in [0.25, 0.3) is 0 Å². The van der Waals surface area contributed by atoms with Gasteiger partial charge in [-0.05, 0) is 24.3 Å². The molecule has 0 fully saturated rings. The quantitative estimate of drug-likeness (QED) is 0.698. The van der Waals surface area contributed by atoms with Gasteiger partial charge in [-0.25, -0.2) is 0 Å². The second-order valence-electron chi connectivity index (χ2n) is 3.16. The van der Waals surface area contributed by atoms with Crippen molar-refractivity contribution in [3.63, 3.8) is 0 Å². The molecule has 1 amide bonds. The second-order valence-corrected chi connectivity index (χ2v) is 3.16. The number of benzene rings is 1. The van der Waals surface area contributed by atoms with Crippen LogP contribution in [0.1, 0.15) is 15.9 Å². The third kappa shape index (κ3) is 2.68. The van der Waals surface area contributed by atoms with Crippen LogP contribution < -0.4 is 0 Å². The van der Waals surface area contributed by atoms with E-state index in [9.17, 15) is 4.79 Å². The van der Waals surface area contributed by atoms with E-state index in [1.54, 1.807) is 42.3 Å². The number of carbonyl (C=O) groups is 1. The van der Waals surface area contributed by atoms with Crippen LogP contribution in [0, 0.1) is 11.3 Å². The molecule has 3 nitrogen and oxygen atoms in total. The Morgan fingerprint density at radius 2 is 2.13 bits per heavy atom. The maximum Gasteiger partial charge on any atom is 0.253 e. The zero-order chi connectivity index (χ0) is 11.3. The van der Waals surface area contributed by atoms with Gasteiger partial charge in [0.2, 0.25) is 0 Å². The van der Waals surface area contributed by atoms with E-state index >= 15 is 0 Å². The summed E-state index contributed by atoms with van der Waals surface area (Å²) in [5, 5.41) is 8.60. The molecule has 0 heterocycles. The summed E-state index contributed by atoms with van der Waals surface area (Å²) in [6.45, 7) is 4.08. The lowest BCUT2D eigenvalue weighted by Gasteiger charge is -2.14. The normalized spacial score (nSPS) is 9.07. The van der Waals surface area contributed by atoms with Gasteiger partial charge >= 0.3 is 0 Å². The first-order valence-electron chi connectivity index (χ1n) is 4.55.